The largest absolute Gasteiger partial charge is 0.374 e. The summed E-state index contributed by atoms with van der Waals surface area (Å²) >= 11 is 0. The van der Waals surface area contributed by atoms with Gasteiger partial charge >= 0.3 is 0 Å². The zero-order valence-corrected chi connectivity index (χ0v) is 13.9. The lowest BCUT2D eigenvalue weighted by molar-refractivity contribution is 0.130. The van der Waals surface area contributed by atoms with Gasteiger partial charge < -0.3 is 10.4 Å². The van der Waals surface area contributed by atoms with Crippen LogP contribution in [0.3, 0.4) is 0 Å². The van der Waals surface area contributed by atoms with Gasteiger partial charge in [0.15, 0.2) is 5.65 Å². The first-order valence-electron chi connectivity index (χ1n) is 7.89. The van der Waals surface area contributed by atoms with Crippen molar-refractivity contribution >= 4 is 11.5 Å². The molecular formula is C17H19F2N5O. The molecule has 0 saturated heterocycles. The van der Waals surface area contributed by atoms with E-state index in [0.717, 1.165) is 6.07 Å². The van der Waals surface area contributed by atoms with E-state index in [0.29, 0.717) is 22.6 Å². The number of nitrogens with one attached hydrogen (secondary N) is 2. The summed E-state index contributed by atoms with van der Waals surface area (Å²) in [4.78, 5) is 4.43. The van der Waals surface area contributed by atoms with Crippen molar-refractivity contribution in [1.29, 1.82) is 0 Å². The zero-order valence-electron chi connectivity index (χ0n) is 13.9. The van der Waals surface area contributed by atoms with Gasteiger partial charge in [-0.1, -0.05) is 0 Å². The van der Waals surface area contributed by atoms with Crippen LogP contribution in [-0.4, -0.2) is 25.7 Å². The van der Waals surface area contributed by atoms with Crippen LogP contribution in [0.4, 0.5) is 14.6 Å². The lowest BCUT2D eigenvalue weighted by Gasteiger charge is -2.14. The van der Waals surface area contributed by atoms with Crippen LogP contribution in [0.25, 0.3) is 5.65 Å². The fraction of sp³-hybridized carbons (Fsp3) is 0.294. The Morgan fingerprint density at radius 3 is 2.60 bits per heavy atom. The standard InChI is InChI=1S/C17H19F2N5O/c1-10(2)22-17(25)14-9-21-24-4-3-15(23-16(14)24)20-8-11-5-12(18)7-13(19)6-11/h3-7,9-10,17,22,25H,8H2,1-2H3,(H,20,23). The maximum atomic E-state index is 13.2. The average Bonchev–Trinajstić information content (AvgIpc) is 2.94. The molecule has 3 aromatic rings. The summed E-state index contributed by atoms with van der Waals surface area (Å²) in [6.07, 6.45) is 2.36. The highest BCUT2D eigenvalue weighted by atomic mass is 19.1. The van der Waals surface area contributed by atoms with Crippen molar-refractivity contribution < 1.29 is 13.9 Å². The van der Waals surface area contributed by atoms with E-state index in [1.54, 1.807) is 23.0 Å². The van der Waals surface area contributed by atoms with Gasteiger partial charge in [0.25, 0.3) is 0 Å². The number of hydrogen-bond donors (Lipinski definition) is 3. The molecule has 0 aliphatic carbocycles. The molecule has 3 rings (SSSR count). The predicted octanol–water partition coefficient (Wildman–Crippen LogP) is 2.61. The summed E-state index contributed by atoms with van der Waals surface area (Å²) in [6, 6.07) is 5.13. The summed E-state index contributed by atoms with van der Waals surface area (Å²) in [7, 11) is 0. The van der Waals surface area contributed by atoms with Crippen LogP contribution in [0.2, 0.25) is 0 Å². The normalized spacial score (nSPS) is 12.7. The Balaban J connectivity index is 1.80. The van der Waals surface area contributed by atoms with Crippen LogP contribution in [0.5, 0.6) is 0 Å². The minimum atomic E-state index is -0.891. The third-order valence-corrected chi connectivity index (χ3v) is 3.58. The van der Waals surface area contributed by atoms with E-state index in [1.807, 2.05) is 13.8 Å². The summed E-state index contributed by atoms with van der Waals surface area (Å²) in [6.45, 7) is 4.06. The number of aliphatic hydroxyl groups is 1. The first-order chi connectivity index (χ1) is 11.9. The molecule has 132 valence electrons. The van der Waals surface area contributed by atoms with Gasteiger partial charge in [-0.25, -0.2) is 18.3 Å². The molecule has 2 heterocycles. The van der Waals surface area contributed by atoms with E-state index in [4.69, 9.17) is 0 Å². The molecule has 25 heavy (non-hydrogen) atoms. The molecule has 3 N–H and O–H groups in total. The average molecular weight is 347 g/mol. The Labute approximate surface area is 143 Å². The second-order valence-electron chi connectivity index (χ2n) is 6.04. The number of aliphatic hydroxyl groups excluding tert-OH is 1. The fourth-order valence-corrected chi connectivity index (χ4v) is 2.49. The smallest absolute Gasteiger partial charge is 0.164 e. The summed E-state index contributed by atoms with van der Waals surface area (Å²) in [5, 5.41) is 20.4. The minimum absolute atomic E-state index is 0.0918. The molecule has 0 radical (unpaired) electrons. The van der Waals surface area contributed by atoms with Gasteiger partial charge in [0, 0.05) is 24.8 Å². The molecule has 0 bridgehead atoms. The Morgan fingerprint density at radius 2 is 1.92 bits per heavy atom. The van der Waals surface area contributed by atoms with Gasteiger partial charge in [-0.15, -0.1) is 0 Å². The predicted molar refractivity (Wildman–Crippen MR) is 89.9 cm³/mol. The van der Waals surface area contributed by atoms with Crippen molar-refractivity contribution in [1.82, 2.24) is 19.9 Å². The molecule has 1 aromatic carbocycles. The third-order valence-electron chi connectivity index (χ3n) is 3.58. The van der Waals surface area contributed by atoms with E-state index in [9.17, 15) is 13.9 Å². The molecular weight excluding hydrogens is 328 g/mol. The lowest BCUT2D eigenvalue weighted by Crippen LogP contribution is -2.27. The van der Waals surface area contributed by atoms with Gasteiger partial charge in [0.2, 0.25) is 0 Å². The highest BCUT2D eigenvalue weighted by Gasteiger charge is 2.15. The van der Waals surface area contributed by atoms with Crippen LogP contribution in [0, 0.1) is 11.6 Å². The van der Waals surface area contributed by atoms with Crippen molar-refractivity contribution in [2.45, 2.75) is 32.7 Å². The Kier molecular flexibility index (Phi) is 4.91. The van der Waals surface area contributed by atoms with Crippen LogP contribution in [0.1, 0.15) is 31.2 Å². The zero-order chi connectivity index (χ0) is 18.0. The quantitative estimate of drug-likeness (QED) is 0.598. The van der Waals surface area contributed by atoms with E-state index in [-0.39, 0.29) is 12.6 Å². The number of rotatable bonds is 6. The first-order valence-corrected chi connectivity index (χ1v) is 7.89. The number of halogens is 2. The summed E-state index contributed by atoms with van der Waals surface area (Å²) in [5.74, 6) is -0.738. The minimum Gasteiger partial charge on any atom is -0.374 e. The molecule has 2 aromatic heterocycles. The molecule has 1 atom stereocenters. The first kappa shape index (κ1) is 17.2. The Hall–Kier alpha value is -2.58. The Morgan fingerprint density at radius 1 is 1.20 bits per heavy atom. The molecule has 0 spiro atoms. The maximum absolute atomic E-state index is 13.2. The van der Waals surface area contributed by atoms with Crippen molar-refractivity contribution in [2.24, 2.45) is 0 Å². The molecule has 8 heteroatoms. The van der Waals surface area contributed by atoms with E-state index in [2.05, 4.69) is 20.7 Å². The van der Waals surface area contributed by atoms with Crippen LogP contribution in [0.15, 0.2) is 36.7 Å². The second kappa shape index (κ2) is 7.12. The molecule has 0 amide bonds. The van der Waals surface area contributed by atoms with Crippen molar-refractivity contribution in [3.05, 3.63) is 59.4 Å². The second-order valence-corrected chi connectivity index (χ2v) is 6.04. The molecule has 0 saturated carbocycles. The monoisotopic (exact) mass is 347 g/mol. The van der Waals surface area contributed by atoms with E-state index in [1.165, 1.54) is 12.1 Å². The van der Waals surface area contributed by atoms with Gasteiger partial charge in [0.05, 0.1) is 11.8 Å². The van der Waals surface area contributed by atoms with Crippen molar-refractivity contribution in [3.63, 3.8) is 0 Å². The van der Waals surface area contributed by atoms with Gasteiger partial charge in [-0.2, -0.15) is 5.10 Å². The van der Waals surface area contributed by atoms with E-state index >= 15 is 0 Å². The number of hydrogen-bond acceptors (Lipinski definition) is 5. The number of anilines is 1. The van der Waals surface area contributed by atoms with Crippen LogP contribution >= 0.6 is 0 Å². The number of aromatic nitrogens is 3. The Bertz CT molecular complexity index is 860. The van der Waals surface area contributed by atoms with Crippen LogP contribution < -0.4 is 10.6 Å². The van der Waals surface area contributed by atoms with Crippen molar-refractivity contribution in [2.75, 3.05) is 5.32 Å². The van der Waals surface area contributed by atoms with Gasteiger partial charge in [0.1, 0.15) is 23.7 Å². The molecule has 0 fully saturated rings. The SMILES string of the molecule is CC(C)NC(O)c1cnn2ccc(NCc3cc(F)cc(F)c3)nc12. The molecule has 6 nitrogen and oxygen atoms in total. The van der Waals surface area contributed by atoms with Crippen molar-refractivity contribution in [3.8, 4) is 0 Å². The van der Waals surface area contributed by atoms with E-state index < -0.39 is 17.9 Å². The summed E-state index contributed by atoms with van der Waals surface area (Å²) < 4.78 is 28.0. The van der Waals surface area contributed by atoms with Crippen LogP contribution in [-0.2, 0) is 6.54 Å². The van der Waals surface area contributed by atoms with Gasteiger partial charge in [-0.05, 0) is 37.6 Å². The molecule has 0 aliphatic heterocycles. The highest BCUT2D eigenvalue weighted by molar-refractivity contribution is 5.52. The number of fused-ring (bicyclic) bond motifs is 1. The third kappa shape index (κ3) is 4.09. The summed E-state index contributed by atoms with van der Waals surface area (Å²) in [5.41, 5.74) is 1.51. The molecule has 0 aliphatic rings. The number of benzene rings is 1. The maximum Gasteiger partial charge on any atom is 0.164 e. The lowest BCUT2D eigenvalue weighted by atomic mass is 10.2. The van der Waals surface area contributed by atoms with Gasteiger partial charge in [-0.3, -0.25) is 5.32 Å². The molecule has 1 unspecified atom stereocenters. The fourth-order valence-electron chi connectivity index (χ4n) is 2.49. The highest BCUT2D eigenvalue weighted by Crippen LogP contribution is 2.18. The topological polar surface area (TPSA) is 74.5 Å². The number of nitrogens with zero attached hydrogens (tertiary/aromatic N) is 3.